The van der Waals surface area contributed by atoms with Gasteiger partial charge in [0.25, 0.3) is 0 Å². The number of halogens is 2. The van der Waals surface area contributed by atoms with Crippen molar-refractivity contribution >= 4 is 29.0 Å². The molecular weight excluding hydrogens is 307 g/mol. The Morgan fingerprint density at radius 3 is 2.24 bits per heavy atom. The number of benzene rings is 1. The molecule has 114 valence electrons. The van der Waals surface area contributed by atoms with Gasteiger partial charge in [0.2, 0.25) is 5.78 Å². The Bertz CT molecular complexity index is 572. The van der Waals surface area contributed by atoms with Gasteiger partial charge in [-0.05, 0) is 39.0 Å². The number of ketones is 1. The lowest BCUT2D eigenvalue weighted by Gasteiger charge is -2.12. The molecule has 0 bridgehead atoms. The van der Waals surface area contributed by atoms with Gasteiger partial charge in [-0.2, -0.15) is 5.26 Å². The highest BCUT2D eigenvalue weighted by atomic mass is 35.5. The van der Waals surface area contributed by atoms with Gasteiger partial charge in [0.15, 0.2) is 0 Å². The maximum atomic E-state index is 12.2. The zero-order valence-corrected chi connectivity index (χ0v) is 14.4. The second-order valence-electron chi connectivity index (χ2n) is 4.37. The van der Waals surface area contributed by atoms with Crippen molar-refractivity contribution in [2.45, 2.75) is 40.7 Å². The molecule has 3 nitrogen and oxygen atoms in total. The zero-order valence-electron chi connectivity index (χ0n) is 12.9. The number of nitriles is 1. The maximum Gasteiger partial charge on any atom is 0.205 e. The second-order valence-corrected chi connectivity index (χ2v) is 5.18. The molecule has 0 atom stereocenters. The number of carbonyl (C=O) groups is 1. The van der Waals surface area contributed by atoms with E-state index in [4.69, 9.17) is 28.5 Å². The Balaban J connectivity index is 0.00000191. The van der Waals surface area contributed by atoms with Gasteiger partial charge in [-0.25, -0.2) is 0 Å². The van der Waals surface area contributed by atoms with Crippen LogP contribution in [0.4, 0.5) is 0 Å². The summed E-state index contributed by atoms with van der Waals surface area (Å²) in [6.45, 7) is 9.57. The molecule has 1 rings (SSSR count). The van der Waals surface area contributed by atoms with E-state index < -0.39 is 0 Å². The number of nitrogens with zero attached hydrogens (tertiary/aromatic N) is 1. The first-order valence-corrected chi connectivity index (χ1v) is 7.49. The van der Waals surface area contributed by atoms with Crippen molar-refractivity contribution in [1.29, 1.82) is 5.26 Å². The molecule has 0 unspecified atom stereocenters. The fourth-order valence-corrected chi connectivity index (χ4v) is 1.89. The third-order valence-electron chi connectivity index (χ3n) is 2.40. The van der Waals surface area contributed by atoms with Crippen LogP contribution < -0.4 is 5.32 Å². The van der Waals surface area contributed by atoms with Crippen LogP contribution in [0.3, 0.4) is 0 Å². The van der Waals surface area contributed by atoms with Crippen molar-refractivity contribution in [3.63, 3.8) is 0 Å². The van der Waals surface area contributed by atoms with Crippen LogP contribution in [0.15, 0.2) is 29.5 Å². The quantitative estimate of drug-likeness (QED) is 0.481. The van der Waals surface area contributed by atoms with Crippen LogP contribution in [-0.2, 0) is 0 Å². The molecule has 1 aromatic carbocycles. The normalized spacial score (nSPS) is 11.0. The standard InChI is InChI=1S/C14H14Cl2N2O.C2H6/c1-8(2)18-9(3)11(7-17)14(19)10-4-5-12(15)13(16)6-10;1-2/h4-6,8,18H,1-3H3;1-2H3/b11-9-;. The summed E-state index contributed by atoms with van der Waals surface area (Å²) in [5.41, 5.74) is 0.969. The van der Waals surface area contributed by atoms with Crippen LogP contribution in [0.5, 0.6) is 0 Å². The average Bonchev–Trinajstić information content (AvgIpc) is 2.44. The average molecular weight is 327 g/mol. The third-order valence-corrected chi connectivity index (χ3v) is 3.14. The third kappa shape index (κ3) is 5.79. The fourth-order valence-electron chi connectivity index (χ4n) is 1.59. The first-order chi connectivity index (χ1) is 9.86. The number of allylic oxidation sites excluding steroid dienone is 2. The summed E-state index contributed by atoms with van der Waals surface area (Å²) in [6.07, 6.45) is 0. The molecular formula is C16H20Cl2N2O. The van der Waals surface area contributed by atoms with Crippen molar-refractivity contribution in [2.75, 3.05) is 0 Å². The lowest BCUT2D eigenvalue weighted by molar-refractivity contribution is 0.103. The highest BCUT2D eigenvalue weighted by molar-refractivity contribution is 6.42. The van der Waals surface area contributed by atoms with Gasteiger partial charge in [-0.15, -0.1) is 0 Å². The van der Waals surface area contributed by atoms with E-state index in [0.29, 0.717) is 21.3 Å². The summed E-state index contributed by atoms with van der Waals surface area (Å²) in [6, 6.07) is 6.63. The van der Waals surface area contributed by atoms with E-state index in [1.807, 2.05) is 33.8 Å². The summed E-state index contributed by atoms with van der Waals surface area (Å²) >= 11 is 11.7. The molecule has 0 aromatic heterocycles. The van der Waals surface area contributed by atoms with Gasteiger partial charge >= 0.3 is 0 Å². The van der Waals surface area contributed by atoms with Crippen molar-refractivity contribution < 1.29 is 4.79 Å². The van der Waals surface area contributed by atoms with Crippen LogP contribution in [-0.4, -0.2) is 11.8 Å². The number of hydrogen-bond acceptors (Lipinski definition) is 3. The topological polar surface area (TPSA) is 52.9 Å². The Hall–Kier alpha value is -1.50. The molecule has 5 heteroatoms. The summed E-state index contributed by atoms with van der Waals surface area (Å²) in [5.74, 6) is -0.369. The molecule has 1 N–H and O–H groups in total. The summed E-state index contributed by atoms with van der Waals surface area (Å²) in [4.78, 5) is 12.2. The number of hydrogen-bond donors (Lipinski definition) is 1. The molecule has 0 spiro atoms. The predicted octanol–water partition coefficient (Wildman–Crippen LogP) is 5.00. The SMILES string of the molecule is C/C(NC(C)C)=C(\C#N)C(=O)c1ccc(Cl)c(Cl)c1.CC. The van der Waals surface area contributed by atoms with E-state index in [2.05, 4.69) is 5.32 Å². The molecule has 1 aromatic rings. The highest BCUT2D eigenvalue weighted by Gasteiger charge is 2.16. The van der Waals surface area contributed by atoms with Gasteiger partial charge in [-0.3, -0.25) is 4.79 Å². The van der Waals surface area contributed by atoms with Crippen LogP contribution in [0.25, 0.3) is 0 Å². The van der Waals surface area contributed by atoms with E-state index in [0.717, 1.165) is 0 Å². The smallest absolute Gasteiger partial charge is 0.205 e. The minimum absolute atomic E-state index is 0.0760. The van der Waals surface area contributed by atoms with Gasteiger partial charge in [-0.1, -0.05) is 37.0 Å². The van der Waals surface area contributed by atoms with Gasteiger partial charge in [0, 0.05) is 17.3 Å². The van der Waals surface area contributed by atoms with Gasteiger partial charge in [0.05, 0.1) is 10.0 Å². The molecule has 0 radical (unpaired) electrons. The number of rotatable bonds is 4. The summed E-state index contributed by atoms with van der Waals surface area (Å²) in [7, 11) is 0. The van der Waals surface area contributed by atoms with E-state index in [1.165, 1.54) is 12.1 Å². The van der Waals surface area contributed by atoms with Crippen molar-refractivity contribution in [3.05, 3.63) is 45.1 Å². The lowest BCUT2D eigenvalue weighted by Crippen LogP contribution is -2.23. The van der Waals surface area contributed by atoms with Gasteiger partial charge in [0.1, 0.15) is 11.6 Å². The minimum Gasteiger partial charge on any atom is -0.385 e. The minimum atomic E-state index is -0.369. The Morgan fingerprint density at radius 1 is 1.24 bits per heavy atom. The molecule has 0 aliphatic carbocycles. The monoisotopic (exact) mass is 326 g/mol. The number of nitrogens with one attached hydrogen (secondary N) is 1. The van der Waals surface area contributed by atoms with E-state index in [9.17, 15) is 4.79 Å². The Labute approximate surface area is 136 Å². The molecule has 0 aliphatic rings. The Kier molecular flexibility index (Phi) is 8.76. The summed E-state index contributed by atoms with van der Waals surface area (Å²) < 4.78 is 0. The van der Waals surface area contributed by atoms with E-state index in [1.54, 1.807) is 13.0 Å². The van der Waals surface area contributed by atoms with Crippen LogP contribution in [0.2, 0.25) is 10.0 Å². The maximum absolute atomic E-state index is 12.2. The van der Waals surface area contributed by atoms with E-state index in [-0.39, 0.29) is 17.4 Å². The molecule has 0 amide bonds. The largest absolute Gasteiger partial charge is 0.385 e. The number of carbonyl (C=O) groups excluding carboxylic acids is 1. The van der Waals surface area contributed by atoms with Crippen LogP contribution >= 0.6 is 23.2 Å². The number of Topliss-reactive ketones (excluding diaryl/α,β-unsaturated/α-hetero) is 1. The second kappa shape index (κ2) is 9.44. The zero-order chi connectivity index (χ0) is 16.6. The van der Waals surface area contributed by atoms with Crippen molar-refractivity contribution in [2.24, 2.45) is 0 Å². The van der Waals surface area contributed by atoms with Crippen LogP contribution in [0, 0.1) is 11.3 Å². The predicted molar refractivity (Wildman–Crippen MR) is 88.7 cm³/mol. The molecule has 0 fully saturated rings. The first kappa shape index (κ1) is 19.5. The Morgan fingerprint density at radius 2 is 1.81 bits per heavy atom. The molecule has 21 heavy (non-hydrogen) atoms. The van der Waals surface area contributed by atoms with E-state index >= 15 is 0 Å². The highest BCUT2D eigenvalue weighted by Crippen LogP contribution is 2.24. The van der Waals surface area contributed by atoms with Crippen LogP contribution in [0.1, 0.15) is 45.0 Å². The lowest BCUT2D eigenvalue weighted by atomic mass is 10.0. The first-order valence-electron chi connectivity index (χ1n) is 6.74. The fraction of sp³-hybridized carbons (Fsp3) is 0.375. The van der Waals surface area contributed by atoms with Crippen molar-refractivity contribution in [1.82, 2.24) is 5.32 Å². The molecule has 0 saturated carbocycles. The van der Waals surface area contributed by atoms with Gasteiger partial charge < -0.3 is 5.32 Å². The molecule has 0 heterocycles. The van der Waals surface area contributed by atoms with Crippen molar-refractivity contribution in [3.8, 4) is 6.07 Å². The molecule has 0 saturated heterocycles. The summed E-state index contributed by atoms with van der Waals surface area (Å²) in [5, 5.41) is 12.8. The molecule has 0 aliphatic heterocycles.